The van der Waals surface area contributed by atoms with Gasteiger partial charge in [-0.15, -0.1) is 0 Å². The summed E-state index contributed by atoms with van der Waals surface area (Å²) in [5, 5.41) is 13.8. The maximum absolute atomic E-state index is 11.3. The molecule has 0 unspecified atom stereocenters. The minimum Gasteiger partial charge on any atom is -0.480 e. The zero-order chi connectivity index (χ0) is 12.4. The lowest BCUT2D eigenvalue weighted by molar-refractivity contribution is -0.139. The molecule has 0 rings (SSSR count). The molecule has 0 heterocycles. The van der Waals surface area contributed by atoms with Crippen molar-refractivity contribution < 1.29 is 14.7 Å². The first-order chi connectivity index (χ1) is 7.61. The maximum Gasteiger partial charge on any atom is 0.326 e. The van der Waals surface area contributed by atoms with E-state index < -0.39 is 18.0 Å². The van der Waals surface area contributed by atoms with Crippen molar-refractivity contribution >= 4 is 23.8 Å². The molecule has 2 amide bonds. The summed E-state index contributed by atoms with van der Waals surface area (Å²) in [6.45, 7) is 0.951. The number of hydrogen-bond donors (Lipinski definition) is 4. The fourth-order valence-corrected chi connectivity index (χ4v) is 1.48. The minimum atomic E-state index is -1.01. The lowest BCUT2D eigenvalue weighted by atomic mass is 10.2. The summed E-state index contributed by atoms with van der Waals surface area (Å²) >= 11 is 1.54. The fraction of sp³-hybridized carbons (Fsp3) is 0.778. The van der Waals surface area contributed by atoms with Crippen molar-refractivity contribution in [1.82, 2.24) is 10.6 Å². The van der Waals surface area contributed by atoms with Crippen LogP contribution in [0.1, 0.15) is 12.8 Å². The molecule has 0 aliphatic heterocycles. The number of nitrogens with two attached hydrogens (primary N) is 1. The van der Waals surface area contributed by atoms with Crippen LogP contribution in [0.2, 0.25) is 0 Å². The Hall–Kier alpha value is -0.950. The summed E-state index contributed by atoms with van der Waals surface area (Å²) in [6, 6.07) is -1.28. The second-order valence-electron chi connectivity index (χ2n) is 3.21. The molecular formula is C9H19N3O3S. The third-order valence-electron chi connectivity index (χ3n) is 1.88. The molecule has 6 nitrogen and oxygen atoms in total. The van der Waals surface area contributed by atoms with Crippen LogP contribution >= 0.6 is 11.8 Å². The second kappa shape index (κ2) is 9.29. The highest BCUT2D eigenvalue weighted by Crippen LogP contribution is 2.00. The molecule has 0 saturated carbocycles. The predicted molar refractivity (Wildman–Crippen MR) is 64.6 cm³/mol. The fourth-order valence-electron chi connectivity index (χ4n) is 1.01. The van der Waals surface area contributed by atoms with Gasteiger partial charge in [-0.3, -0.25) is 0 Å². The predicted octanol–water partition coefficient (Wildman–Crippen LogP) is -0.159. The standard InChI is InChI=1S/C9H19N3O3S/c1-16-6-3-7(8(13)14)12-9(15)11-5-2-4-10/h7H,2-6,10H2,1H3,(H,13,14)(H2,11,12,15)/t7-/m0/s1. The molecule has 0 aliphatic rings. The minimum absolute atomic E-state index is 0.417. The van der Waals surface area contributed by atoms with E-state index >= 15 is 0 Å². The van der Waals surface area contributed by atoms with Crippen molar-refractivity contribution in [1.29, 1.82) is 0 Å². The molecule has 0 spiro atoms. The number of carbonyl (C=O) groups excluding carboxylic acids is 1. The van der Waals surface area contributed by atoms with Crippen molar-refractivity contribution in [2.24, 2.45) is 5.73 Å². The highest BCUT2D eigenvalue weighted by molar-refractivity contribution is 7.98. The van der Waals surface area contributed by atoms with Gasteiger partial charge in [0.15, 0.2) is 0 Å². The van der Waals surface area contributed by atoms with Crippen molar-refractivity contribution in [2.75, 3.05) is 25.1 Å². The number of rotatable bonds is 8. The maximum atomic E-state index is 11.3. The van der Waals surface area contributed by atoms with Crippen LogP contribution in [0.15, 0.2) is 0 Å². The second-order valence-corrected chi connectivity index (χ2v) is 4.20. The highest BCUT2D eigenvalue weighted by Gasteiger charge is 2.18. The van der Waals surface area contributed by atoms with Gasteiger partial charge in [0.25, 0.3) is 0 Å². The molecule has 94 valence electrons. The smallest absolute Gasteiger partial charge is 0.326 e. The quantitative estimate of drug-likeness (QED) is 0.447. The average Bonchev–Trinajstić information content (AvgIpc) is 2.24. The van der Waals surface area contributed by atoms with Gasteiger partial charge < -0.3 is 21.5 Å². The number of hydrogen-bond acceptors (Lipinski definition) is 4. The van der Waals surface area contributed by atoms with E-state index in [1.54, 1.807) is 11.8 Å². The van der Waals surface area contributed by atoms with E-state index in [2.05, 4.69) is 10.6 Å². The molecule has 0 saturated heterocycles. The summed E-state index contributed by atoms with van der Waals surface area (Å²) in [5.74, 6) is -0.317. The largest absolute Gasteiger partial charge is 0.480 e. The Morgan fingerprint density at radius 1 is 1.50 bits per heavy atom. The molecule has 0 fully saturated rings. The van der Waals surface area contributed by atoms with Gasteiger partial charge in [-0.05, 0) is 31.4 Å². The van der Waals surface area contributed by atoms with Crippen LogP contribution in [-0.4, -0.2) is 48.2 Å². The summed E-state index contributed by atoms with van der Waals surface area (Å²) in [6.07, 6.45) is 2.98. The van der Waals surface area contributed by atoms with Crippen LogP contribution in [0.4, 0.5) is 4.79 Å². The van der Waals surface area contributed by atoms with Gasteiger partial charge in [-0.25, -0.2) is 9.59 Å². The number of urea groups is 1. The van der Waals surface area contributed by atoms with Gasteiger partial charge in [0.2, 0.25) is 0 Å². The Morgan fingerprint density at radius 3 is 2.69 bits per heavy atom. The number of amides is 2. The molecular weight excluding hydrogens is 230 g/mol. The normalized spacial score (nSPS) is 11.9. The van der Waals surface area contributed by atoms with Crippen LogP contribution in [0, 0.1) is 0 Å². The number of carboxylic acid groups (broad SMARTS) is 1. The summed E-state index contributed by atoms with van der Waals surface area (Å²) in [7, 11) is 0. The van der Waals surface area contributed by atoms with Crippen molar-refractivity contribution in [3.8, 4) is 0 Å². The number of carboxylic acids is 1. The van der Waals surface area contributed by atoms with E-state index in [1.807, 2.05) is 6.26 Å². The van der Waals surface area contributed by atoms with Crippen LogP contribution < -0.4 is 16.4 Å². The Labute approximate surface area is 99.3 Å². The van der Waals surface area contributed by atoms with Crippen molar-refractivity contribution in [3.05, 3.63) is 0 Å². The van der Waals surface area contributed by atoms with E-state index in [-0.39, 0.29) is 0 Å². The topological polar surface area (TPSA) is 104 Å². The van der Waals surface area contributed by atoms with E-state index in [0.29, 0.717) is 31.7 Å². The van der Waals surface area contributed by atoms with Crippen LogP contribution in [0.5, 0.6) is 0 Å². The van der Waals surface area contributed by atoms with Gasteiger partial charge in [0.05, 0.1) is 0 Å². The molecule has 0 bridgehead atoms. The molecule has 0 aromatic rings. The average molecular weight is 249 g/mol. The first-order valence-corrected chi connectivity index (χ1v) is 6.47. The van der Waals surface area contributed by atoms with E-state index in [1.165, 1.54) is 0 Å². The molecule has 0 aliphatic carbocycles. The summed E-state index contributed by atoms with van der Waals surface area (Å²) in [5.41, 5.74) is 5.26. The molecule has 1 atom stereocenters. The Balaban J connectivity index is 3.88. The highest BCUT2D eigenvalue weighted by atomic mass is 32.2. The number of aliphatic carboxylic acids is 1. The number of carbonyl (C=O) groups is 2. The van der Waals surface area contributed by atoms with E-state index in [9.17, 15) is 9.59 Å². The summed E-state index contributed by atoms with van der Waals surface area (Å²) < 4.78 is 0. The SMILES string of the molecule is CSCC[C@H](NC(=O)NCCCN)C(=O)O. The Bertz CT molecular complexity index is 226. The third kappa shape index (κ3) is 7.36. The van der Waals surface area contributed by atoms with Gasteiger partial charge in [-0.1, -0.05) is 0 Å². The lowest BCUT2D eigenvalue weighted by Crippen LogP contribution is -2.46. The van der Waals surface area contributed by atoms with Crippen LogP contribution in [0.25, 0.3) is 0 Å². The van der Waals surface area contributed by atoms with E-state index in [0.717, 1.165) is 0 Å². The Morgan fingerprint density at radius 2 is 2.19 bits per heavy atom. The van der Waals surface area contributed by atoms with Gasteiger partial charge in [-0.2, -0.15) is 11.8 Å². The zero-order valence-electron chi connectivity index (χ0n) is 9.36. The van der Waals surface area contributed by atoms with Gasteiger partial charge in [0, 0.05) is 6.54 Å². The monoisotopic (exact) mass is 249 g/mol. The molecule has 5 N–H and O–H groups in total. The summed E-state index contributed by atoms with van der Waals surface area (Å²) in [4.78, 5) is 22.1. The van der Waals surface area contributed by atoms with Crippen LogP contribution in [-0.2, 0) is 4.79 Å². The molecule has 0 radical (unpaired) electrons. The first kappa shape index (κ1) is 15.0. The number of thioether (sulfide) groups is 1. The van der Waals surface area contributed by atoms with Crippen LogP contribution in [0.3, 0.4) is 0 Å². The molecule has 7 heteroatoms. The van der Waals surface area contributed by atoms with Gasteiger partial charge in [0.1, 0.15) is 6.04 Å². The molecule has 0 aromatic heterocycles. The molecule has 0 aromatic carbocycles. The number of nitrogens with one attached hydrogen (secondary N) is 2. The third-order valence-corrected chi connectivity index (χ3v) is 2.52. The molecule has 16 heavy (non-hydrogen) atoms. The van der Waals surface area contributed by atoms with Gasteiger partial charge >= 0.3 is 12.0 Å². The van der Waals surface area contributed by atoms with Crippen molar-refractivity contribution in [3.63, 3.8) is 0 Å². The Kier molecular flexibility index (Phi) is 8.74. The van der Waals surface area contributed by atoms with E-state index in [4.69, 9.17) is 10.8 Å². The first-order valence-electron chi connectivity index (χ1n) is 5.08. The zero-order valence-corrected chi connectivity index (χ0v) is 10.2. The lowest BCUT2D eigenvalue weighted by Gasteiger charge is -2.14. The van der Waals surface area contributed by atoms with Crippen molar-refractivity contribution in [2.45, 2.75) is 18.9 Å².